The molecule has 1 unspecified atom stereocenters. The van der Waals surface area contributed by atoms with Crippen LogP contribution in [-0.2, 0) is 0 Å². The molecule has 0 aromatic rings. The van der Waals surface area contributed by atoms with E-state index in [9.17, 15) is 5.11 Å². The van der Waals surface area contributed by atoms with Crippen molar-refractivity contribution in [1.82, 2.24) is 4.90 Å². The quantitative estimate of drug-likeness (QED) is 0.690. The number of nitrogens with zero attached hydrogens (tertiary/aromatic N) is 1. The van der Waals surface area contributed by atoms with Crippen LogP contribution in [0.1, 0.15) is 33.1 Å². The van der Waals surface area contributed by atoms with E-state index >= 15 is 0 Å². The number of hydrogen-bond donors (Lipinski definition) is 1. The maximum atomic E-state index is 9.44. The zero-order valence-electron chi connectivity index (χ0n) is 9.29. The summed E-state index contributed by atoms with van der Waals surface area (Å²) in [5.74, 6) is 6.52. The fourth-order valence-corrected chi connectivity index (χ4v) is 2.00. The lowest BCUT2D eigenvalue weighted by molar-refractivity contribution is 0.0727. The molecule has 0 aliphatic carbocycles. The summed E-state index contributed by atoms with van der Waals surface area (Å²) in [4.78, 5) is 2.45. The van der Waals surface area contributed by atoms with Crippen molar-refractivity contribution >= 4 is 0 Å². The maximum absolute atomic E-state index is 9.44. The normalized spacial score (nSPS) is 21.4. The third-order valence-corrected chi connectivity index (χ3v) is 3.04. The van der Waals surface area contributed by atoms with Gasteiger partial charge in [0, 0.05) is 13.0 Å². The number of hydrogen-bond acceptors (Lipinski definition) is 2. The molecule has 1 rings (SSSR count). The van der Waals surface area contributed by atoms with Crippen molar-refractivity contribution in [2.75, 3.05) is 19.6 Å². The zero-order chi connectivity index (χ0) is 10.4. The van der Waals surface area contributed by atoms with E-state index in [1.54, 1.807) is 0 Å². The molecule has 1 saturated heterocycles. The Kier molecular flexibility index (Phi) is 5.00. The van der Waals surface area contributed by atoms with Crippen LogP contribution in [0.25, 0.3) is 0 Å². The molecule has 80 valence electrons. The second-order valence-electron chi connectivity index (χ2n) is 4.10. The molecule has 2 nitrogen and oxygen atoms in total. The van der Waals surface area contributed by atoms with Gasteiger partial charge < -0.3 is 10.0 Å². The van der Waals surface area contributed by atoms with Gasteiger partial charge in [-0.2, -0.15) is 0 Å². The minimum Gasteiger partial charge on any atom is -0.393 e. The molecule has 1 atom stereocenters. The molecule has 1 fully saturated rings. The number of likely N-dealkylation sites (tertiary alicyclic amines) is 1. The van der Waals surface area contributed by atoms with E-state index in [1.165, 1.54) is 0 Å². The van der Waals surface area contributed by atoms with Gasteiger partial charge in [-0.05, 0) is 45.7 Å². The highest BCUT2D eigenvalue weighted by molar-refractivity contribution is 4.95. The molecule has 1 heterocycles. The van der Waals surface area contributed by atoms with Crippen molar-refractivity contribution in [1.29, 1.82) is 0 Å². The van der Waals surface area contributed by atoms with Crippen LogP contribution in [0.15, 0.2) is 0 Å². The van der Waals surface area contributed by atoms with E-state index in [0.717, 1.165) is 38.9 Å². The zero-order valence-corrected chi connectivity index (χ0v) is 9.29. The Morgan fingerprint density at radius 2 is 2.07 bits per heavy atom. The Morgan fingerprint density at radius 3 is 2.57 bits per heavy atom. The summed E-state index contributed by atoms with van der Waals surface area (Å²) >= 11 is 0. The lowest BCUT2D eigenvalue weighted by Crippen LogP contribution is -2.37. The lowest BCUT2D eigenvalue weighted by Gasteiger charge is -2.32. The number of aliphatic hydroxyl groups is 1. The summed E-state index contributed by atoms with van der Waals surface area (Å²) in [5, 5.41) is 9.44. The molecule has 0 radical (unpaired) electrons. The van der Waals surface area contributed by atoms with E-state index in [4.69, 9.17) is 0 Å². The van der Waals surface area contributed by atoms with Gasteiger partial charge in [0.05, 0.1) is 6.10 Å². The summed E-state index contributed by atoms with van der Waals surface area (Å²) in [6.45, 7) is 7.14. The highest BCUT2D eigenvalue weighted by Crippen LogP contribution is 2.20. The first-order valence-corrected chi connectivity index (χ1v) is 5.54. The molecular formula is C12H21NO. The molecule has 0 aromatic heterocycles. The van der Waals surface area contributed by atoms with E-state index in [-0.39, 0.29) is 6.10 Å². The molecule has 0 bridgehead atoms. The van der Waals surface area contributed by atoms with Gasteiger partial charge in [0.25, 0.3) is 0 Å². The number of aliphatic hydroxyl groups excluding tert-OH is 1. The Labute approximate surface area is 87.3 Å². The molecule has 1 N–H and O–H groups in total. The number of rotatable bonds is 3. The Bertz CT molecular complexity index is 206. The van der Waals surface area contributed by atoms with Gasteiger partial charge in [0.15, 0.2) is 0 Å². The molecule has 1 aliphatic rings. The highest BCUT2D eigenvalue weighted by Gasteiger charge is 2.21. The predicted octanol–water partition coefficient (Wildman–Crippen LogP) is 1.49. The van der Waals surface area contributed by atoms with E-state index in [0.29, 0.717) is 5.92 Å². The molecule has 14 heavy (non-hydrogen) atoms. The first-order chi connectivity index (χ1) is 6.74. The predicted molar refractivity (Wildman–Crippen MR) is 58.9 cm³/mol. The van der Waals surface area contributed by atoms with Gasteiger partial charge in [-0.3, -0.25) is 0 Å². The van der Waals surface area contributed by atoms with Crippen molar-refractivity contribution in [3.05, 3.63) is 0 Å². The molecule has 0 spiro atoms. The Balaban J connectivity index is 2.17. The standard InChI is InChI=1S/C12H21NO/c1-3-4-5-8-13-9-6-12(7-10-13)11(2)14/h11-12,14H,5-10H2,1-2H3. The summed E-state index contributed by atoms with van der Waals surface area (Å²) < 4.78 is 0. The Morgan fingerprint density at radius 1 is 1.43 bits per heavy atom. The van der Waals surface area contributed by atoms with Crippen LogP contribution >= 0.6 is 0 Å². The Hall–Kier alpha value is -0.520. The van der Waals surface area contributed by atoms with Gasteiger partial charge in [0.2, 0.25) is 0 Å². The van der Waals surface area contributed by atoms with Crippen molar-refractivity contribution in [3.63, 3.8) is 0 Å². The summed E-state index contributed by atoms with van der Waals surface area (Å²) in [5.41, 5.74) is 0. The van der Waals surface area contributed by atoms with Crippen LogP contribution in [0, 0.1) is 17.8 Å². The summed E-state index contributed by atoms with van der Waals surface area (Å²) in [6.07, 6.45) is 3.12. The molecule has 2 heteroatoms. The highest BCUT2D eigenvalue weighted by atomic mass is 16.3. The van der Waals surface area contributed by atoms with Crippen LogP contribution in [0.5, 0.6) is 0 Å². The SMILES string of the molecule is CC#CCCN1CCC(C(C)O)CC1. The van der Waals surface area contributed by atoms with E-state index in [2.05, 4.69) is 16.7 Å². The smallest absolute Gasteiger partial charge is 0.0541 e. The largest absolute Gasteiger partial charge is 0.393 e. The second kappa shape index (κ2) is 6.06. The van der Waals surface area contributed by atoms with Crippen LogP contribution in [0.2, 0.25) is 0 Å². The average molecular weight is 195 g/mol. The van der Waals surface area contributed by atoms with Gasteiger partial charge in [-0.25, -0.2) is 0 Å². The third-order valence-electron chi connectivity index (χ3n) is 3.04. The molecule has 0 amide bonds. The minimum absolute atomic E-state index is 0.132. The molecule has 0 aromatic carbocycles. The fourth-order valence-electron chi connectivity index (χ4n) is 2.00. The molecule has 0 saturated carbocycles. The van der Waals surface area contributed by atoms with E-state index in [1.807, 2.05) is 13.8 Å². The minimum atomic E-state index is -0.132. The monoisotopic (exact) mass is 195 g/mol. The van der Waals surface area contributed by atoms with Crippen molar-refractivity contribution in [2.45, 2.75) is 39.2 Å². The van der Waals surface area contributed by atoms with Gasteiger partial charge >= 0.3 is 0 Å². The van der Waals surface area contributed by atoms with E-state index < -0.39 is 0 Å². The topological polar surface area (TPSA) is 23.5 Å². The summed E-state index contributed by atoms with van der Waals surface area (Å²) in [6, 6.07) is 0. The van der Waals surface area contributed by atoms with Gasteiger partial charge in [0.1, 0.15) is 0 Å². The maximum Gasteiger partial charge on any atom is 0.0541 e. The fraction of sp³-hybridized carbons (Fsp3) is 0.833. The van der Waals surface area contributed by atoms with Crippen molar-refractivity contribution in [3.8, 4) is 11.8 Å². The number of piperidine rings is 1. The molecular weight excluding hydrogens is 174 g/mol. The first kappa shape index (κ1) is 11.6. The van der Waals surface area contributed by atoms with Crippen LogP contribution in [-0.4, -0.2) is 35.7 Å². The van der Waals surface area contributed by atoms with Crippen LogP contribution < -0.4 is 0 Å². The van der Waals surface area contributed by atoms with Gasteiger partial charge in [-0.1, -0.05) is 0 Å². The lowest BCUT2D eigenvalue weighted by atomic mass is 9.92. The van der Waals surface area contributed by atoms with Crippen molar-refractivity contribution in [2.24, 2.45) is 5.92 Å². The van der Waals surface area contributed by atoms with Crippen LogP contribution in [0.3, 0.4) is 0 Å². The summed E-state index contributed by atoms with van der Waals surface area (Å²) in [7, 11) is 0. The third kappa shape index (κ3) is 3.69. The van der Waals surface area contributed by atoms with Crippen molar-refractivity contribution < 1.29 is 5.11 Å². The first-order valence-electron chi connectivity index (χ1n) is 5.54. The van der Waals surface area contributed by atoms with Crippen LogP contribution in [0.4, 0.5) is 0 Å². The second-order valence-corrected chi connectivity index (χ2v) is 4.10. The van der Waals surface area contributed by atoms with Gasteiger partial charge in [-0.15, -0.1) is 11.8 Å². The molecule has 1 aliphatic heterocycles. The average Bonchev–Trinajstić information content (AvgIpc) is 2.19.